The van der Waals surface area contributed by atoms with E-state index in [-0.39, 0.29) is 14.3 Å². The number of rotatable bonds is 0. The van der Waals surface area contributed by atoms with Gasteiger partial charge >= 0.3 is 0 Å². The summed E-state index contributed by atoms with van der Waals surface area (Å²) in [6.45, 7) is 2.50. The van der Waals surface area contributed by atoms with Gasteiger partial charge in [0.15, 0.2) is 0 Å². The fourth-order valence-electron chi connectivity index (χ4n) is 1.31. The molecule has 8 heavy (non-hydrogen) atoms. The first-order chi connectivity index (χ1) is 3.39. The van der Waals surface area contributed by atoms with Crippen LogP contribution in [0, 0.1) is 0 Å². The zero-order valence-electron chi connectivity index (χ0n) is 5.61. The van der Waals surface area contributed by atoms with Gasteiger partial charge in [-0.25, -0.2) is 0 Å². The molecule has 50 valence electrons. The molecule has 0 unspecified atom stereocenters. The summed E-state index contributed by atoms with van der Waals surface area (Å²) in [7, 11) is -0.0945. The van der Waals surface area contributed by atoms with Gasteiger partial charge in [0.2, 0.25) is 0 Å². The third-order valence-electron chi connectivity index (χ3n) is 1.89. The SMILES string of the molecule is C[SiH]1CCCCC1.O. The van der Waals surface area contributed by atoms with Crippen LogP contribution in [0.3, 0.4) is 0 Å². The van der Waals surface area contributed by atoms with E-state index in [1.807, 2.05) is 0 Å². The fourth-order valence-corrected chi connectivity index (χ4v) is 3.57. The fraction of sp³-hybridized carbons (Fsp3) is 1.00. The second kappa shape index (κ2) is 4.10. The molecule has 1 saturated heterocycles. The van der Waals surface area contributed by atoms with Crippen LogP contribution in [0.5, 0.6) is 0 Å². The molecule has 2 N–H and O–H groups in total. The zero-order chi connectivity index (χ0) is 5.11. The molecule has 0 aliphatic carbocycles. The Morgan fingerprint density at radius 3 is 1.75 bits per heavy atom. The minimum Gasteiger partial charge on any atom is -0.412 e. The molecule has 2 heteroatoms. The van der Waals surface area contributed by atoms with E-state index in [4.69, 9.17) is 0 Å². The van der Waals surface area contributed by atoms with Crippen molar-refractivity contribution in [1.82, 2.24) is 0 Å². The van der Waals surface area contributed by atoms with E-state index in [1.165, 1.54) is 6.42 Å². The maximum absolute atomic E-state index is 2.50. The standard InChI is InChI=1S/C6H14Si.H2O/c1-7-5-3-2-4-6-7;/h7H,2-6H2,1H3;1H2. The van der Waals surface area contributed by atoms with Crippen molar-refractivity contribution in [1.29, 1.82) is 0 Å². The summed E-state index contributed by atoms with van der Waals surface area (Å²) >= 11 is 0. The Hall–Kier alpha value is 0.177. The highest BCUT2D eigenvalue weighted by atomic mass is 28.3. The Bertz CT molecular complexity index is 50.5. The molecule has 0 spiro atoms. The second-order valence-corrected chi connectivity index (χ2v) is 6.11. The Labute approximate surface area is 53.0 Å². The minimum absolute atomic E-state index is 0. The monoisotopic (exact) mass is 132 g/mol. The van der Waals surface area contributed by atoms with Crippen LogP contribution in [0.4, 0.5) is 0 Å². The molecular weight excluding hydrogens is 116 g/mol. The third-order valence-corrected chi connectivity index (χ3v) is 4.68. The third kappa shape index (κ3) is 2.48. The van der Waals surface area contributed by atoms with Crippen molar-refractivity contribution in [3.05, 3.63) is 0 Å². The quantitative estimate of drug-likeness (QED) is 0.444. The lowest BCUT2D eigenvalue weighted by Gasteiger charge is -2.14. The van der Waals surface area contributed by atoms with Crippen molar-refractivity contribution in [2.75, 3.05) is 0 Å². The van der Waals surface area contributed by atoms with Crippen molar-refractivity contribution in [2.45, 2.75) is 37.9 Å². The first kappa shape index (κ1) is 8.18. The molecule has 1 fully saturated rings. The molecule has 0 amide bonds. The van der Waals surface area contributed by atoms with Crippen LogP contribution in [0.15, 0.2) is 0 Å². The molecule has 1 aliphatic rings. The lowest BCUT2D eigenvalue weighted by atomic mass is 10.3. The van der Waals surface area contributed by atoms with Gasteiger partial charge in [-0.1, -0.05) is 37.9 Å². The first-order valence-electron chi connectivity index (χ1n) is 3.39. The predicted octanol–water partition coefficient (Wildman–Crippen LogP) is 1.20. The van der Waals surface area contributed by atoms with Gasteiger partial charge in [0.05, 0.1) is 0 Å². The van der Waals surface area contributed by atoms with Gasteiger partial charge in [-0.3, -0.25) is 0 Å². The van der Waals surface area contributed by atoms with E-state index >= 15 is 0 Å². The molecule has 1 aliphatic heterocycles. The van der Waals surface area contributed by atoms with Crippen LogP contribution in [0.25, 0.3) is 0 Å². The van der Waals surface area contributed by atoms with Gasteiger partial charge in [-0.05, 0) is 0 Å². The molecule has 1 nitrogen and oxygen atoms in total. The maximum Gasteiger partial charge on any atom is 0.0336 e. The number of hydrogen-bond acceptors (Lipinski definition) is 0. The van der Waals surface area contributed by atoms with E-state index in [9.17, 15) is 0 Å². The second-order valence-electron chi connectivity index (χ2n) is 2.74. The summed E-state index contributed by atoms with van der Waals surface area (Å²) in [4.78, 5) is 0. The molecule has 1 rings (SSSR count). The van der Waals surface area contributed by atoms with Gasteiger partial charge in [0, 0.05) is 8.80 Å². The number of hydrogen-bond donors (Lipinski definition) is 0. The molecule has 0 aromatic rings. The van der Waals surface area contributed by atoms with Crippen LogP contribution in [-0.2, 0) is 0 Å². The highest BCUT2D eigenvalue weighted by Crippen LogP contribution is 2.17. The summed E-state index contributed by atoms with van der Waals surface area (Å²) < 4.78 is 0. The Morgan fingerprint density at radius 2 is 1.50 bits per heavy atom. The van der Waals surface area contributed by atoms with Crippen molar-refractivity contribution >= 4 is 8.80 Å². The molecule has 0 saturated carbocycles. The maximum atomic E-state index is 2.50. The van der Waals surface area contributed by atoms with Gasteiger partial charge in [0.1, 0.15) is 0 Å². The van der Waals surface area contributed by atoms with Crippen molar-refractivity contribution in [2.24, 2.45) is 0 Å². The van der Waals surface area contributed by atoms with Gasteiger partial charge in [-0.2, -0.15) is 0 Å². The lowest BCUT2D eigenvalue weighted by Crippen LogP contribution is -2.09. The molecule has 0 atom stereocenters. The minimum atomic E-state index is -0.0945. The van der Waals surface area contributed by atoms with Crippen LogP contribution >= 0.6 is 0 Å². The topological polar surface area (TPSA) is 31.5 Å². The smallest absolute Gasteiger partial charge is 0.0336 e. The van der Waals surface area contributed by atoms with E-state index in [1.54, 1.807) is 24.9 Å². The molecular formula is C6H16OSi. The highest BCUT2D eigenvalue weighted by molar-refractivity contribution is 6.57. The van der Waals surface area contributed by atoms with E-state index in [0.29, 0.717) is 0 Å². The summed E-state index contributed by atoms with van der Waals surface area (Å²) in [5.41, 5.74) is 0. The average molecular weight is 132 g/mol. The lowest BCUT2D eigenvalue weighted by molar-refractivity contribution is 0.725. The highest BCUT2D eigenvalue weighted by Gasteiger charge is 2.07. The summed E-state index contributed by atoms with van der Waals surface area (Å²) in [6, 6.07) is 3.25. The average Bonchev–Trinajstić information content (AvgIpc) is 1.69. The summed E-state index contributed by atoms with van der Waals surface area (Å²) in [6.07, 6.45) is 4.62. The summed E-state index contributed by atoms with van der Waals surface area (Å²) in [5.74, 6) is 0. The van der Waals surface area contributed by atoms with Crippen LogP contribution < -0.4 is 0 Å². The van der Waals surface area contributed by atoms with Gasteiger partial charge < -0.3 is 5.48 Å². The van der Waals surface area contributed by atoms with Crippen LogP contribution in [0.1, 0.15) is 19.3 Å². The van der Waals surface area contributed by atoms with E-state index < -0.39 is 0 Å². The molecule has 0 radical (unpaired) electrons. The van der Waals surface area contributed by atoms with Crippen LogP contribution in [-0.4, -0.2) is 14.3 Å². The Balaban J connectivity index is 0.000000490. The van der Waals surface area contributed by atoms with E-state index in [0.717, 1.165) is 0 Å². The normalized spacial score (nSPS) is 22.1. The zero-order valence-corrected chi connectivity index (χ0v) is 6.77. The van der Waals surface area contributed by atoms with Crippen molar-refractivity contribution < 1.29 is 5.48 Å². The van der Waals surface area contributed by atoms with Gasteiger partial charge in [0.25, 0.3) is 0 Å². The Morgan fingerprint density at radius 1 is 1.00 bits per heavy atom. The molecule has 1 heterocycles. The van der Waals surface area contributed by atoms with Crippen LogP contribution in [0.2, 0.25) is 18.6 Å². The molecule has 0 bridgehead atoms. The molecule has 0 aromatic carbocycles. The predicted molar refractivity (Wildman–Crippen MR) is 40.1 cm³/mol. The summed E-state index contributed by atoms with van der Waals surface area (Å²) in [5, 5.41) is 0. The van der Waals surface area contributed by atoms with Crippen molar-refractivity contribution in [3.8, 4) is 0 Å². The molecule has 0 aromatic heterocycles. The van der Waals surface area contributed by atoms with E-state index in [2.05, 4.69) is 6.55 Å². The first-order valence-corrected chi connectivity index (χ1v) is 6.18. The largest absolute Gasteiger partial charge is 0.412 e. The van der Waals surface area contributed by atoms with Gasteiger partial charge in [-0.15, -0.1) is 0 Å². The Kier molecular flexibility index (Phi) is 4.19. The van der Waals surface area contributed by atoms with Crippen molar-refractivity contribution in [3.63, 3.8) is 0 Å².